The summed E-state index contributed by atoms with van der Waals surface area (Å²) in [6.45, 7) is 6.29. The molecule has 1 N–H and O–H groups in total. The van der Waals surface area contributed by atoms with E-state index in [0.29, 0.717) is 0 Å². The monoisotopic (exact) mass is 315 g/mol. The topological polar surface area (TPSA) is 30.5 Å². The molecule has 0 radical (unpaired) electrons. The van der Waals surface area contributed by atoms with Crippen molar-refractivity contribution in [3.63, 3.8) is 0 Å². The van der Waals surface area contributed by atoms with Crippen LogP contribution in [0.15, 0.2) is 17.0 Å². The lowest BCUT2D eigenvalue weighted by molar-refractivity contribution is 0.353. The lowest BCUT2D eigenvalue weighted by atomic mass is 10.1. The molecule has 0 spiro atoms. The number of ether oxygens (including phenoxy) is 2. The molecule has 0 aliphatic carbocycles. The summed E-state index contributed by atoms with van der Waals surface area (Å²) < 4.78 is 11.0. The Labute approximate surface area is 131 Å². The van der Waals surface area contributed by atoms with Crippen molar-refractivity contribution in [1.29, 1.82) is 0 Å². The average molecular weight is 316 g/mol. The Morgan fingerprint density at radius 3 is 2.20 bits per heavy atom. The van der Waals surface area contributed by atoms with Gasteiger partial charge in [0.25, 0.3) is 0 Å². The van der Waals surface area contributed by atoms with Crippen LogP contribution < -0.4 is 14.8 Å². The number of benzene rings is 1. The van der Waals surface area contributed by atoms with Gasteiger partial charge in [0.15, 0.2) is 11.5 Å². The molecule has 0 amide bonds. The van der Waals surface area contributed by atoms with Crippen molar-refractivity contribution in [2.24, 2.45) is 0 Å². The maximum Gasteiger partial charge on any atom is 0.161 e. The van der Waals surface area contributed by atoms with E-state index in [0.717, 1.165) is 24.6 Å². The predicted octanol–water partition coefficient (Wildman–Crippen LogP) is 3.66. The van der Waals surface area contributed by atoms with E-state index in [2.05, 4.69) is 37.7 Å². The molecule has 20 heavy (non-hydrogen) atoms. The Kier molecular flexibility index (Phi) is 7.06. The number of nitrogens with one attached hydrogen (secondary N) is 1. The van der Waals surface area contributed by atoms with Gasteiger partial charge in [-0.15, -0.1) is 11.8 Å². The van der Waals surface area contributed by atoms with Gasteiger partial charge in [-0.1, -0.05) is 0 Å². The zero-order valence-electron chi connectivity index (χ0n) is 13.2. The van der Waals surface area contributed by atoms with Gasteiger partial charge in [-0.3, -0.25) is 0 Å². The van der Waals surface area contributed by atoms with Crippen LogP contribution in [-0.2, 0) is 6.54 Å². The number of thioether (sulfide) groups is 2. The SMILES string of the molecule is COc1cc(CNCC(C)(C)SC)c(SC)cc1OC. The highest BCUT2D eigenvalue weighted by Gasteiger charge is 2.16. The standard InChI is InChI=1S/C15H25NO2S2/c1-15(2,20-6)10-16-9-11-7-12(17-3)13(18-4)8-14(11)19-5/h7-8,16H,9-10H2,1-6H3. The maximum absolute atomic E-state index is 5.38. The van der Waals surface area contributed by atoms with E-state index in [-0.39, 0.29) is 4.75 Å². The fraction of sp³-hybridized carbons (Fsp3) is 0.600. The lowest BCUT2D eigenvalue weighted by Crippen LogP contribution is -2.31. The average Bonchev–Trinajstić information content (AvgIpc) is 2.46. The molecule has 0 aliphatic heterocycles. The van der Waals surface area contributed by atoms with Crippen LogP contribution in [0.4, 0.5) is 0 Å². The minimum absolute atomic E-state index is 0.246. The molecule has 1 aromatic carbocycles. The molecule has 0 bridgehead atoms. The van der Waals surface area contributed by atoms with E-state index < -0.39 is 0 Å². The van der Waals surface area contributed by atoms with E-state index in [1.165, 1.54) is 10.5 Å². The van der Waals surface area contributed by atoms with E-state index in [1.807, 2.05) is 17.8 Å². The molecule has 1 rings (SSSR count). The summed E-state index contributed by atoms with van der Waals surface area (Å²) >= 11 is 3.60. The van der Waals surface area contributed by atoms with Gasteiger partial charge in [-0.25, -0.2) is 0 Å². The van der Waals surface area contributed by atoms with Crippen LogP contribution in [-0.4, -0.2) is 38.0 Å². The van der Waals surface area contributed by atoms with Crippen LogP contribution in [0.5, 0.6) is 11.5 Å². The molecule has 5 heteroatoms. The van der Waals surface area contributed by atoms with Gasteiger partial charge in [0, 0.05) is 22.7 Å². The van der Waals surface area contributed by atoms with Crippen LogP contribution in [0, 0.1) is 0 Å². The van der Waals surface area contributed by atoms with Gasteiger partial charge in [0.1, 0.15) is 0 Å². The van der Waals surface area contributed by atoms with Crippen molar-refractivity contribution in [1.82, 2.24) is 5.32 Å². The first-order chi connectivity index (χ1) is 9.47. The highest BCUT2D eigenvalue weighted by molar-refractivity contribution is 8.00. The second-order valence-corrected chi connectivity index (χ2v) is 7.45. The predicted molar refractivity (Wildman–Crippen MR) is 90.6 cm³/mol. The Bertz CT molecular complexity index is 436. The van der Waals surface area contributed by atoms with Crippen molar-refractivity contribution < 1.29 is 9.47 Å². The quantitative estimate of drug-likeness (QED) is 0.740. The Morgan fingerprint density at radius 2 is 1.70 bits per heavy atom. The minimum Gasteiger partial charge on any atom is -0.493 e. The molecular weight excluding hydrogens is 290 g/mol. The van der Waals surface area contributed by atoms with E-state index in [4.69, 9.17) is 9.47 Å². The molecule has 0 heterocycles. The fourth-order valence-electron chi connectivity index (χ4n) is 1.80. The second-order valence-electron chi connectivity index (χ2n) is 5.09. The molecule has 0 unspecified atom stereocenters. The summed E-state index contributed by atoms with van der Waals surface area (Å²) in [5.74, 6) is 1.57. The Morgan fingerprint density at radius 1 is 1.10 bits per heavy atom. The molecule has 1 aromatic rings. The summed E-state index contributed by atoms with van der Waals surface area (Å²) in [6.07, 6.45) is 4.22. The molecule has 114 valence electrons. The molecule has 0 saturated carbocycles. The highest BCUT2D eigenvalue weighted by atomic mass is 32.2. The van der Waals surface area contributed by atoms with Gasteiger partial charge < -0.3 is 14.8 Å². The third-order valence-corrected chi connectivity index (χ3v) is 5.27. The van der Waals surface area contributed by atoms with Gasteiger partial charge >= 0.3 is 0 Å². The van der Waals surface area contributed by atoms with Gasteiger partial charge in [-0.05, 0) is 44.1 Å². The van der Waals surface area contributed by atoms with Crippen molar-refractivity contribution >= 4 is 23.5 Å². The number of hydrogen-bond acceptors (Lipinski definition) is 5. The van der Waals surface area contributed by atoms with Gasteiger partial charge in [0.05, 0.1) is 14.2 Å². The molecular formula is C15H25NO2S2. The summed E-state index contributed by atoms with van der Waals surface area (Å²) in [6, 6.07) is 4.10. The molecule has 0 saturated heterocycles. The second kappa shape index (κ2) is 8.05. The fourth-order valence-corrected chi connectivity index (χ4v) is 2.67. The van der Waals surface area contributed by atoms with Crippen LogP contribution in [0.2, 0.25) is 0 Å². The first-order valence-electron chi connectivity index (χ1n) is 6.52. The summed E-state index contributed by atoms with van der Waals surface area (Å²) in [7, 11) is 3.34. The van der Waals surface area contributed by atoms with Crippen molar-refractivity contribution in [2.45, 2.75) is 30.0 Å². The third kappa shape index (κ3) is 4.79. The first kappa shape index (κ1) is 17.5. The molecule has 0 atom stereocenters. The van der Waals surface area contributed by atoms with Crippen molar-refractivity contribution in [3.8, 4) is 11.5 Å². The van der Waals surface area contributed by atoms with Gasteiger partial charge in [-0.2, -0.15) is 11.8 Å². The summed E-state index contributed by atoms with van der Waals surface area (Å²) in [5.41, 5.74) is 1.24. The Hall–Kier alpha value is -0.520. The van der Waals surface area contributed by atoms with Crippen LogP contribution >= 0.6 is 23.5 Å². The zero-order valence-corrected chi connectivity index (χ0v) is 14.8. The molecule has 0 fully saturated rings. The van der Waals surface area contributed by atoms with Crippen molar-refractivity contribution in [3.05, 3.63) is 17.7 Å². The van der Waals surface area contributed by atoms with Gasteiger partial charge in [0.2, 0.25) is 0 Å². The van der Waals surface area contributed by atoms with E-state index in [1.54, 1.807) is 26.0 Å². The third-order valence-electron chi connectivity index (χ3n) is 3.21. The zero-order chi connectivity index (χ0) is 15.2. The summed E-state index contributed by atoms with van der Waals surface area (Å²) in [5, 5.41) is 3.53. The minimum atomic E-state index is 0.246. The maximum atomic E-state index is 5.38. The number of rotatable bonds is 8. The largest absolute Gasteiger partial charge is 0.493 e. The number of methoxy groups -OCH3 is 2. The normalized spacial score (nSPS) is 11.5. The van der Waals surface area contributed by atoms with E-state index >= 15 is 0 Å². The number of hydrogen-bond donors (Lipinski definition) is 1. The Balaban J connectivity index is 2.83. The van der Waals surface area contributed by atoms with Crippen LogP contribution in [0.1, 0.15) is 19.4 Å². The highest BCUT2D eigenvalue weighted by Crippen LogP contribution is 2.34. The smallest absolute Gasteiger partial charge is 0.161 e. The van der Waals surface area contributed by atoms with E-state index in [9.17, 15) is 0 Å². The summed E-state index contributed by atoms with van der Waals surface area (Å²) in [4.78, 5) is 1.22. The first-order valence-corrected chi connectivity index (χ1v) is 8.97. The van der Waals surface area contributed by atoms with Crippen LogP contribution in [0.3, 0.4) is 0 Å². The van der Waals surface area contributed by atoms with Crippen LogP contribution in [0.25, 0.3) is 0 Å². The molecule has 0 aliphatic rings. The molecule has 0 aromatic heterocycles. The molecule has 3 nitrogen and oxygen atoms in total. The van der Waals surface area contributed by atoms with Crippen molar-refractivity contribution in [2.75, 3.05) is 33.3 Å². The lowest BCUT2D eigenvalue weighted by Gasteiger charge is -2.23.